The zero-order chi connectivity index (χ0) is 18.2. The molecule has 0 radical (unpaired) electrons. The highest BCUT2D eigenvalue weighted by molar-refractivity contribution is 7.17. The first-order valence-electron chi connectivity index (χ1n) is 8.32. The molecule has 5 rings (SSSR count). The number of aromatic nitrogens is 4. The summed E-state index contributed by atoms with van der Waals surface area (Å²) >= 11 is 1.69. The smallest absolute Gasteiger partial charge is 0.260 e. The first-order chi connectivity index (χ1) is 13.3. The number of aromatic amines is 1. The first-order valence-corrected chi connectivity index (χ1v) is 9.20. The van der Waals surface area contributed by atoms with Crippen LogP contribution in [0.15, 0.2) is 66.6 Å². The number of anilines is 1. The normalized spacial score (nSPS) is 11.1. The second-order valence-electron chi connectivity index (χ2n) is 5.95. The summed E-state index contributed by atoms with van der Waals surface area (Å²) in [6, 6.07) is 12.0. The third kappa shape index (κ3) is 2.65. The highest BCUT2D eigenvalue weighted by Crippen LogP contribution is 2.37. The summed E-state index contributed by atoms with van der Waals surface area (Å²) in [5.41, 5.74) is 3.78. The van der Waals surface area contributed by atoms with Crippen LogP contribution in [0, 0.1) is 0 Å². The summed E-state index contributed by atoms with van der Waals surface area (Å²) in [4.78, 5) is 28.5. The number of hydrogen-bond donors (Lipinski definition) is 2. The Hall–Kier alpha value is -3.58. The molecule has 3 aromatic heterocycles. The summed E-state index contributed by atoms with van der Waals surface area (Å²) < 4.78 is 1.21. The molecule has 0 spiro atoms. The van der Waals surface area contributed by atoms with Crippen molar-refractivity contribution in [2.75, 3.05) is 5.32 Å². The van der Waals surface area contributed by atoms with Gasteiger partial charge in [-0.1, -0.05) is 24.3 Å². The number of carbonyl (C=O) groups is 1. The van der Waals surface area contributed by atoms with E-state index >= 15 is 0 Å². The molecule has 0 aliphatic rings. The average Bonchev–Trinajstić information content (AvgIpc) is 3.37. The molecule has 5 aromatic rings. The van der Waals surface area contributed by atoms with Crippen molar-refractivity contribution < 1.29 is 4.79 Å². The maximum atomic E-state index is 12.7. The Morgan fingerprint density at radius 2 is 1.78 bits per heavy atom. The molecule has 0 saturated carbocycles. The zero-order valence-corrected chi connectivity index (χ0v) is 14.8. The molecule has 0 unspecified atom stereocenters. The SMILES string of the molecule is O=C(Nc1ncc[nH]1)c1ccc(-c2csc3ccccc23)c2nccnc12. The van der Waals surface area contributed by atoms with Gasteiger partial charge in [0.25, 0.3) is 5.91 Å². The first kappa shape index (κ1) is 15.7. The van der Waals surface area contributed by atoms with Crippen LogP contribution in [-0.4, -0.2) is 25.8 Å². The van der Waals surface area contributed by atoms with E-state index in [2.05, 4.69) is 42.8 Å². The van der Waals surface area contributed by atoms with E-state index in [4.69, 9.17) is 0 Å². The van der Waals surface area contributed by atoms with Gasteiger partial charge < -0.3 is 4.98 Å². The van der Waals surface area contributed by atoms with Crippen LogP contribution in [0.25, 0.3) is 32.2 Å². The number of fused-ring (bicyclic) bond motifs is 2. The molecule has 130 valence electrons. The Morgan fingerprint density at radius 1 is 0.926 bits per heavy atom. The summed E-state index contributed by atoms with van der Waals surface area (Å²) in [5, 5.41) is 6.03. The average molecular weight is 371 g/mol. The maximum Gasteiger partial charge on any atom is 0.260 e. The van der Waals surface area contributed by atoms with Crippen LogP contribution in [0.3, 0.4) is 0 Å². The van der Waals surface area contributed by atoms with Crippen molar-refractivity contribution in [3.05, 3.63) is 72.1 Å². The number of amides is 1. The van der Waals surface area contributed by atoms with Gasteiger partial charge in [0.1, 0.15) is 5.52 Å². The third-order valence-corrected chi connectivity index (χ3v) is 5.33. The Bertz CT molecular complexity index is 1280. The predicted octanol–water partition coefficient (Wildman–Crippen LogP) is 4.49. The van der Waals surface area contributed by atoms with Crippen molar-refractivity contribution >= 4 is 44.3 Å². The van der Waals surface area contributed by atoms with E-state index in [1.54, 1.807) is 42.2 Å². The molecular formula is C20H13N5OS. The topological polar surface area (TPSA) is 83.6 Å². The molecule has 0 fully saturated rings. The van der Waals surface area contributed by atoms with Crippen LogP contribution < -0.4 is 5.32 Å². The number of nitrogens with zero attached hydrogens (tertiary/aromatic N) is 3. The van der Waals surface area contributed by atoms with Crippen LogP contribution in [0.2, 0.25) is 0 Å². The van der Waals surface area contributed by atoms with Crippen molar-refractivity contribution in [3.8, 4) is 11.1 Å². The highest BCUT2D eigenvalue weighted by atomic mass is 32.1. The molecule has 6 nitrogen and oxygen atoms in total. The lowest BCUT2D eigenvalue weighted by molar-refractivity contribution is 0.102. The molecule has 27 heavy (non-hydrogen) atoms. The molecule has 7 heteroatoms. The molecule has 0 aliphatic heterocycles. The van der Waals surface area contributed by atoms with E-state index in [9.17, 15) is 4.79 Å². The number of thiophene rings is 1. The molecule has 0 saturated heterocycles. The number of rotatable bonds is 3. The summed E-state index contributed by atoms with van der Waals surface area (Å²) in [6.45, 7) is 0. The summed E-state index contributed by atoms with van der Waals surface area (Å²) in [7, 11) is 0. The molecule has 0 bridgehead atoms. The lowest BCUT2D eigenvalue weighted by Crippen LogP contribution is -2.14. The van der Waals surface area contributed by atoms with E-state index in [1.807, 2.05) is 18.2 Å². The number of H-pyrrole nitrogens is 1. The Balaban J connectivity index is 1.67. The van der Waals surface area contributed by atoms with Gasteiger partial charge in [-0.25, -0.2) is 4.98 Å². The number of benzene rings is 2. The number of nitrogens with one attached hydrogen (secondary N) is 2. The minimum absolute atomic E-state index is 0.280. The lowest BCUT2D eigenvalue weighted by Gasteiger charge is -2.09. The van der Waals surface area contributed by atoms with Crippen molar-refractivity contribution in [2.24, 2.45) is 0 Å². The van der Waals surface area contributed by atoms with Crippen LogP contribution in [0.4, 0.5) is 5.95 Å². The standard InChI is InChI=1S/C20H13N5OS/c26-19(25-20-23-9-10-24-20)14-6-5-13(17-18(14)22-8-7-21-17)15-11-27-16-4-2-1-3-12(15)16/h1-11H,(H2,23,24,25,26). The minimum atomic E-state index is -0.280. The largest absolute Gasteiger partial charge is 0.331 e. The third-order valence-electron chi connectivity index (χ3n) is 4.37. The number of hydrogen-bond acceptors (Lipinski definition) is 5. The van der Waals surface area contributed by atoms with Gasteiger partial charge in [0.2, 0.25) is 5.95 Å². The Labute approximate surface area is 157 Å². The lowest BCUT2D eigenvalue weighted by atomic mass is 10.00. The van der Waals surface area contributed by atoms with E-state index in [1.165, 1.54) is 10.1 Å². The highest BCUT2D eigenvalue weighted by Gasteiger charge is 2.17. The van der Waals surface area contributed by atoms with Crippen molar-refractivity contribution in [1.82, 2.24) is 19.9 Å². The fourth-order valence-electron chi connectivity index (χ4n) is 3.15. The molecule has 0 atom stereocenters. The van der Waals surface area contributed by atoms with Gasteiger partial charge >= 0.3 is 0 Å². The van der Waals surface area contributed by atoms with E-state index in [0.29, 0.717) is 22.5 Å². The van der Waals surface area contributed by atoms with Gasteiger partial charge in [-0.15, -0.1) is 11.3 Å². The molecule has 3 heterocycles. The molecule has 2 N–H and O–H groups in total. The van der Waals surface area contributed by atoms with Crippen LogP contribution >= 0.6 is 11.3 Å². The van der Waals surface area contributed by atoms with Crippen molar-refractivity contribution in [2.45, 2.75) is 0 Å². The molecule has 0 aliphatic carbocycles. The van der Waals surface area contributed by atoms with E-state index < -0.39 is 0 Å². The fourth-order valence-corrected chi connectivity index (χ4v) is 4.11. The van der Waals surface area contributed by atoms with Crippen LogP contribution in [0.5, 0.6) is 0 Å². The fraction of sp³-hybridized carbons (Fsp3) is 0. The number of imidazole rings is 1. The Kier molecular flexibility index (Phi) is 3.65. The number of carbonyl (C=O) groups excluding carboxylic acids is 1. The van der Waals surface area contributed by atoms with Crippen molar-refractivity contribution in [1.29, 1.82) is 0 Å². The van der Waals surface area contributed by atoms with Crippen LogP contribution in [-0.2, 0) is 0 Å². The molecule has 2 aromatic carbocycles. The van der Waals surface area contributed by atoms with Gasteiger partial charge in [-0.3, -0.25) is 20.1 Å². The second kappa shape index (κ2) is 6.30. The minimum Gasteiger partial charge on any atom is -0.331 e. The van der Waals surface area contributed by atoms with Gasteiger partial charge in [0.05, 0.1) is 11.1 Å². The molecular weight excluding hydrogens is 358 g/mol. The summed E-state index contributed by atoms with van der Waals surface area (Å²) in [5.74, 6) is 0.113. The van der Waals surface area contributed by atoms with Crippen LogP contribution in [0.1, 0.15) is 10.4 Å². The van der Waals surface area contributed by atoms with Gasteiger partial charge in [0.15, 0.2) is 0 Å². The summed E-state index contributed by atoms with van der Waals surface area (Å²) in [6.07, 6.45) is 6.48. The van der Waals surface area contributed by atoms with E-state index in [0.717, 1.165) is 11.1 Å². The maximum absolute atomic E-state index is 12.7. The predicted molar refractivity (Wildman–Crippen MR) is 107 cm³/mol. The monoisotopic (exact) mass is 371 g/mol. The quantitative estimate of drug-likeness (QED) is 0.489. The van der Waals surface area contributed by atoms with Gasteiger partial charge in [-0.05, 0) is 17.5 Å². The van der Waals surface area contributed by atoms with Gasteiger partial charge in [-0.2, -0.15) is 0 Å². The molecule has 1 amide bonds. The zero-order valence-electron chi connectivity index (χ0n) is 14.0. The van der Waals surface area contributed by atoms with Crippen molar-refractivity contribution in [3.63, 3.8) is 0 Å². The second-order valence-corrected chi connectivity index (χ2v) is 6.86. The van der Waals surface area contributed by atoms with E-state index in [-0.39, 0.29) is 5.91 Å². The Morgan fingerprint density at radius 3 is 2.63 bits per heavy atom. The van der Waals surface area contributed by atoms with Gasteiger partial charge in [0, 0.05) is 46.0 Å².